The Bertz CT molecular complexity index is 909. The van der Waals surface area contributed by atoms with Gasteiger partial charge in [0.05, 0.1) is 6.26 Å². The molecule has 7 unspecified atom stereocenters. The number of carbonyl (C=O) groups is 1. The monoisotopic (exact) mass is 410 g/mol. The van der Waals surface area contributed by atoms with Gasteiger partial charge >= 0.3 is 11.6 Å². The molecule has 4 nitrogen and oxygen atoms in total. The highest BCUT2D eigenvalue weighted by atomic mass is 16.5. The van der Waals surface area contributed by atoms with Crippen molar-refractivity contribution >= 4 is 5.97 Å². The van der Waals surface area contributed by atoms with Crippen molar-refractivity contribution in [2.45, 2.75) is 84.2 Å². The number of rotatable bonds is 2. The van der Waals surface area contributed by atoms with Crippen molar-refractivity contribution in [1.29, 1.82) is 0 Å². The molecule has 0 bridgehead atoms. The summed E-state index contributed by atoms with van der Waals surface area (Å²) in [4.78, 5) is 22.9. The van der Waals surface area contributed by atoms with E-state index in [1.807, 2.05) is 6.07 Å². The van der Waals surface area contributed by atoms with E-state index in [1.165, 1.54) is 44.6 Å². The molecule has 0 aromatic carbocycles. The summed E-state index contributed by atoms with van der Waals surface area (Å²) in [6.45, 7) is 6.51. The summed E-state index contributed by atoms with van der Waals surface area (Å²) in [5.74, 6) is 2.37. The molecular formula is C26H34O4. The van der Waals surface area contributed by atoms with Crippen LogP contribution >= 0.6 is 0 Å². The van der Waals surface area contributed by atoms with E-state index in [2.05, 4.69) is 19.9 Å². The molecule has 3 fully saturated rings. The molecule has 1 aromatic heterocycles. The fourth-order valence-corrected chi connectivity index (χ4v) is 7.96. The Kier molecular flexibility index (Phi) is 4.75. The van der Waals surface area contributed by atoms with Crippen molar-refractivity contribution in [3.8, 4) is 0 Å². The Morgan fingerprint density at radius 3 is 2.70 bits per heavy atom. The van der Waals surface area contributed by atoms with Gasteiger partial charge in [-0.25, -0.2) is 4.79 Å². The fraction of sp³-hybridized carbons (Fsp3) is 0.692. The molecule has 30 heavy (non-hydrogen) atoms. The lowest BCUT2D eigenvalue weighted by Gasteiger charge is -2.59. The molecule has 162 valence electrons. The molecule has 7 atom stereocenters. The van der Waals surface area contributed by atoms with Crippen LogP contribution in [0.1, 0.15) is 83.6 Å². The predicted octanol–water partition coefficient (Wildman–Crippen LogP) is 5.62. The van der Waals surface area contributed by atoms with Crippen molar-refractivity contribution in [2.75, 3.05) is 0 Å². The van der Waals surface area contributed by atoms with E-state index in [1.54, 1.807) is 17.9 Å². The number of hydrogen-bond donors (Lipinski definition) is 0. The van der Waals surface area contributed by atoms with Crippen molar-refractivity contribution in [3.05, 3.63) is 46.0 Å². The van der Waals surface area contributed by atoms with Crippen LogP contribution in [0, 0.1) is 28.6 Å². The Morgan fingerprint density at radius 1 is 1.13 bits per heavy atom. The van der Waals surface area contributed by atoms with Gasteiger partial charge in [0.25, 0.3) is 0 Å². The largest absolute Gasteiger partial charge is 0.463 e. The van der Waals surface area contributed by atoms with Crippen LogP contribution in [0.15, 0.2) is 39.3 Å². The van der Waals surface area contributed by atoms with E-state index >= 15 is 0 Å². The second-order valence-electron chi connectivity index (χ2n) is 10.8. The molecule has 1 heterocycles. The third kappa shape index (κ3) is 3.01. The van der Waals surface area contributed by atoms with Gasteiger partial charge in [-0.05, 0) is 97.5 Å². The van der Waals surface area contributed by atoms with Gasteiger partial charge in [0, 0.05) is 13.0 Å². The number of hydrogen-bond acceptors (Lipinski definition) is 4. The normalized spacial score (nSPS) is 42.5. The van der Waals surface area contributed by atoms with Crippen molar-refractivity contribution in [3.63, 3.8) is 0 Å². The first-order valence-corrected chi connectivity index (χ1v) is 11.8. The second-order valence-corrected chi connectivity index (χ2v) is 10.8. The van der Waals surface area contributed by atoms with Gasteiger partial charge in [0.1, 0.15) is 6.10 Å². The molecule has 5 rings (SSSR count). The minimum atomic E-state index is -0.269. The van der Waals surface area contributed by atoms with Crippen LogP contribution in [-0.4, -0.2) is 12.1 Å². The Balaban J connectivity index is 1.38. The van der Waals surface area contributed by atoms with Crippen LogP contribution in [0.25, 0.3) is 0 Å². The zero-order valence-corrected chi connectivity index (χ0v) is 18.5. The first-order valence-electron chi connectivity index (χ1n) is 11.8. The summed E-state index contributed by atoms with van der Waals surface area (Å²) in [5, 5.41) is 0. The highest BCUT2D eigenvalue weighted by Gasteiger charge is 2.57. The molecule has 0 spiro atoms. The van der Waals surface area contributed by atoms with Gasteiger partial charge in [0.2, 0.25) is 0 Å². The molecular weight excluding hydrogens is 376 g/mol. The van der Waals surface area contributed by atoms with Crippen LogP contribution in [0.4, 0.5) is 0 Å². The molecule has 3 saturated carbocycles. The van der Waals surface area contributed by atoms with E-state index in [0.717, 1.165) is 25.2 Å². The van der Waals surface area contributed by atoms with Gasteiger partial charge in [0.15, 0.2) is 0 Å². The highest BCUT2D eigenvalue weighted by molar-refractivity contribution is 5.66. The van der Waals surface area contributed by atoms with Crippen molar-refractivity contribution < 1.29 is 13.9 Å². The van der Waals surface area contributed by atoms with Crippen LogP contribution in [0.2, 0.25) is 0 Å². The van der Waals surface area contributed by atoms with Gasteiger partial charge in [-0.1, -0.05) is 25.5 Å². The molecule has 4 heteroatoms. The van der Waals surface area contributed by atoms with Gasteiger partial charge < -0.3 is 9.15 Å². The summed E-state index contributed by atoms with van der Waals surface area (Å²) in [5.41, 5.74) is 3.12. The number of esters is 1. The average molecular weight is 411 g/mol. The first-order chi connectivity index (χ1) is 14.3. The third-order valence-corrected chi connectivity index (χ3v) is 9.48. The second kappa shape index (κ2) is 7.10. The summed E-state index contributed by atoms with van der Waals surface area (Å²) in [7, 11) is 0. The topological polar surface area (TPSA) is 56.5 Å². The Hall–Kier alpha value is -1.84. The average Bonchev–Trinajstić information content (AvgIpc) is 3.06. The lowest BCUT2D eigenvalue weighted by Crippen LogP contribution is -2.52. The smallest absolute Gasteiger partial charge is 0.335 e. The molecule has 0 aliphatic heterocycles. The number of ether oxygens (including phenoxy) is 1. The van der Waals surface area contributed by atoms with E-state index < -0.39 is 0 Å². The van der Waals surface area contributed by atoms with Crippen molar-refractivity contribution in [1.82, 2.24) is 0 Å². The van der Waals surface area contributed by atoms with Crippen LogP contribution in [0.3, 0.4) is 0 Å². The zero-order chi connectivity index (χ0) is 21.1. The SMILES string of the molecule is CC(=O)OC1CCC2(C)C(CCC3C4=CCC(c5ccc(=O)oc5)C4(C)CCC32)C1. The fourth-order valence-electron chi connectivity index (χ4n) is 7.96. The third-order valence-electron chi connectivity index (χ3n) is 9.48. The maximum absolute atomic E-state index is 11.5. The molecule has 4 aliphatic carbocycles. The van der Waals surface area contributed by atoms with Gasteiger partial charge in [-0.3, -0.25) is 4.79 Å². The quantitative estimate of drug-likeness (QED) is 0.469. The Morgan fingerprint density at radius 2 is 1.97 bits per heavy atom. The molecule has 0 saturated heterocycles. The molecule has 1 aromatic rings. The van der Waals surface area contributed by atoms with E-state index in [9.17, 15) is 9.59 Å². The summed E-state index contributed by atoms with van der Waals surface area (Å²) in [6, 6.07) is 3.54. The van der Waals surface area contributed by atoms with Crippen molar-refractivity contribution in [2.24, 2.45) is 28.6 Å². The van der Waals surface area contributed by atoms with Crippen LogP contribution < -0.4 is 5.63 Å². The van der Waals surface area contributed by atoms with E-state index in [4.69, 9.17) is 9.15 Å². The minimum absolute atomic E-state index is 0.119. The molecule has 0 N–H and O–H groups in total. The molecule has 4 aliphatic rings. The first kappa shape index (κ1) is 20.1. The molecule has 0 amide bonds. The van der Waals surface area contributed by atoms with E-state index in [0.29, 0.717) is 23.2 Å². The maximum Gasteiger partial charge on any atom is 0.335 e. The minimum Gasteiger partial charge on any atom is -0.463 e. The number of carbonyl (C=O) groups excluding carboxylic acids is 1. The maximum atomic E-state index is 11.5. The summed E-state index contributed by atoms with van der Waals surface area (Å²) < 4.78 is 10.8. The summed E-state index contributed by atoms with van der Waals surface area (Å²) in [6.07, 6.45) is 13.6. The van der Waals surface area contributed by atoms with Crippen LogP contribution in [-0.2, 0) is 9.53 Å². The van der Waals surface area contributed by atoms with E-state index in [-0.39, 0.29) is 23.1 Å². The van der Waals surface area contributed by atoms with Gasteiger partial charge in [-0.2, -0.15) is 0 Å². The summed E-state index contributed by atoms with van der Waals surface area (Å²) >= 11 is 0. The highest BCUT2D eigenvalue weighted by Crippen LogP contribution is 2.67. The standard InChI is InChI=1S/C26H34O4/c1-16(27)30-19-10-12-25(2)18(14-19)5-6-20-22-8-7-21(17-4-9-24(28)29-15-17)26(22,3)13-11-23(20)25/h4,8-9,15,18-21,23H,5-7,10-14H2,1-3H3. The predicted molar refractivity (Wildman–Crippen MR) is 115 cm³/mol. The number of fused-ring (bicyclic) bond motifs is 5. The zero-order valence-electron chi connectivity index (χ0n) is 18.5. The van der Waals surface area contributed by atoms with Gasteiger partial charge in [-0.15, -0.1) is 0 Å². The lowest BCUT2D eigenvalue weighted by molar-refractivity contribution is -0.155. The Labute approximate surface area is 179 Å². The lowest BCUT2D eigenvalue weighted by atomic mass is 9.46. The molecule has 0 radical (unpaired) electrons. The number of allylic oxidation sites excluding steroid dienone is 2. The van der Waals surface area contributed by atoms with Crippen LogP contribution in [0.5, 0.6) is 0 Å².